The Bertz CT molecular complexity index is 1020. The summed E-state index contributed by atoms with van der Waals surface area (Å²) < 4.78 is 12.6. The summed E-state index contributed by atoms with van der Waals surface area (Å²) in [7, 11) is -4.50. The molecule has 0 aliphatic heterocycles. The van der Waals surface area contributed by atoms with Crippen LogP contribution in [0.3, 0.4) is 0 Å². The second-order valence-electron chi connectivity index (χ2n) is 11.5. The van der Waals surface area contributed by atoms with Gasteiger partial charge in [-0.3, -0.25) is 0 Å². The van der Waals surface area contributed by atoms with Gasteiger partial charge >= 0.3 is 5.97 Å². The van der Waals surface area contributed by atoms with E-state index < -0.39 is 16.6 Å². The molecule has 0 amide bonds. The van der Waals surface area contributed by atoms with Crippen LogP contribution in [0.4, 0.5) is 17.1 Å². The van der Waals surface area contributed by atoms with Crippen molar-refractivity contribution in [2.45, 2.75) is 77.8 Å². The predicted octanol–water partition coefficient (Wildman–Crippen LogP) is 8.23. The zero-order valence-electron chi connectivity index (χ0n) is 21.7. The van der Waals surface area contributed by atoms with E-state index in [1.54, 1.807) is 36.4 Å². The lowest BCUT2D eigenvalue weighted by molar-refractivity contribution is 0.0710. The first kappa shape index (κ1) is 26.8. The lowest BCUT2D eigenvalue weighted by Gasteiger charge is -2.38. The van der Waals surface area contributed by atoms with E-state index in [0.717, 1.165) is 0 Å². The number of benzene rings is 2. The predicted molar refractivity (Wildman–Crippen MR) is 142 cm³/mol. The van der Waals surface area contributed by atoms with E-state index in [2.05, 4.69) is 78.0 Å². The highest BCUT2D eigenvalue weighted by atomic mass is 28.4. The highest BCUT2D eigenvalue weighted by Crippen LogP contribution is 2.41. The van der Waals surface area contributed by atoms with Crippen LogP contribution in [0.2, 0.25) is 36.3 Å². The van der Waals surface area contributed by atoms with Gasteiger partial charge in [0.15, 0.2) is 0 Å². The molecule has 180 valence electrons. The maximum Gasteiger partial charge on any atom is 0.328 e. The molecule has 0 spiro atoms. The van der Waals surface area contributed by atoms with Crippen LogP contribution in [-0.4, -0.2) is 22.6 Å². The van der Waals surface area contributed by atoms with Gasteiger partial charge in [-0.15, -0.1) is 0 Å². The van der Waals surface area contributed by atoms with Crippen LogP contribution < -0.4 is 10.2 Å². The summed E-state index contributed by atoms with van der Waals surface area (Å²) in [4.78, 5) is 13.4. The van der Waals surface area contributed by atoms with Gasteiger partial charge in [0, 0.05) is 5.69 Å². The van der Waals surface area contributed by atoms with E-state index >= 15 is 0 Å². The van der Waals surface area contributed by atoms with E-state index in [-0.39, 0.29) is 16.0 Å². The van der Waals surface area contributed by atoms with Crippen molar-refractivity contribution in [3.63, 3.8) is 0 Å². The Morgan fingerprint density at radius 1 is 0.788 bits per heavy atom. The van der Waals surface area contributed by atoms with Crippen LogP contribution in [0.5, 0.6) is 5.75 Å². The van der Waals surface area contributed by atoms with Gasteiger partial charge in [0.05, 0.1) is 11.4 Å². The molecule has 33 heavy (non-hydrogen) atoms. The Morgan fingerprint density at radius 2 is 1.27 bits per heavy atom. The summed E-state index contributed by atoms with van der Waals surface area (Å²) in [6.07, 6.45) is 0. The first-order valence-corrected chi connectivity index (χ1v) is 17.1. The fourth-order valence-corrected chi connectivity index (χ4v) is 4.27. The highest BCUT2D eigenvalue weighted by Gasteiger charge is 2.42. The number of rotatable bonds is 6. The maximum absolute atomic E-state index is 13.4. The van der Waals surface area contributed by atoms with Gasteiger partial charge in [0.2, 0.25) is 0 Å². The average molecular weight is 486 g/mol. The second-order valence-corrected chi connectivity index (χ2v) is 20.9. The summed E-state index contributed by atoms with van der Waals surface area (Å²) in [5.74, 6) is 0.163. The summed E-state index contributed by atoms with van der Waals surface area (Å²) >= 11 is 0. The van der Waals surface area contributed by atoms with E-state index in [4.69, 9.17) is 14.6 Å². The van der Waals surface area contributed by atoms with Gasteiger partial charge in [0.1, 0.15) is 11.3 Å². The molecule has 0 heterocycles. The van der Waals surface area contributed by atoms with Gasteiger partial charge in [-0.1, -0.05) is 41.5 Å². The summed E-state index contributed by atoms with van der Waals surface area (Å²) in [5.41, 5.74) is 8.01. The number of carbonyl (C=O) groups excluding carboxylic acids is 1. The minimum absolute atomic E-state index is 0.0128. The number of nitrogens with zero attached hydrogens (tertiary/aromatic N) is 2. The van der Waals surface area contributed by atoms with Crippen LogP contribution in [0.25, 0.3) is 0 Å². The van der Waals surface area contributed by atoms with Crippen molar-refractivity contribution in [1.29, 1.82) is 0 Å². The largest absolute Gasteiger partial charge is 0.543 e. The normalized spacial score (nSPS) is 13.3. The van der Waals surface area contributed by atoms with Gasteiger partial charge in [-0.25, -0.2) is 4.79 Å². The molecule has 2 aromatic rings. The van der Waals surface area contributed by atoms with Crippen molar-refractivity contribution in [2.24, 2.45) is 10.2 Å². The molecule has 2 aromatic carbocycles. The minimum Gasteiger partial charge on any atom is -0.543 e. The number of carbonyl (C=O) groups is 1. The molecular formula is C25H39N3O3Si2. The van der Waals surface area contributed by atoms with Gasteiger partial charge in [0.25, 0.3) is 16.6 Å². The Hall–Kier alpha value is -2.46. The molecule has 6 nitrogen and oxygen atoms in total. The smallest absolute Gasteiger partial charge is 0.328 e. The number of anilines is 1. The Balaban J connectivity index is 2.47. The number of nitrogens with two attached hydrogens (primary N) is 1. The number of hydrogen-bond donors (Lipinski definition) is 1. The van der Waals surface area contributed by atoms with Crippen molar-refractivity contribution in [2.75, 3.05) is 5.73 Å². The Kier molecular flexibility index (Phi) is 7.65. The molecule has 2 rings (SSSR count). The van der Waals surface area contributed by atoms with Gasteiger partial charge < -0.3 is 14.6 Å². The molecule has 0 aromatic heterocycles. The third-order valence-electron chi connectivity index (χ3n) is 6.68. The van der Waals surface area contributed by atoms with Crippen LogP contribution in [0, 0.1) is 0 Å². The SMILES string of the molecule is CC(C)(C)[Si](C)(C)OC(=O)c1cc(N=Nc2ccc(N)cc2)ccc1O[Si](C)(C)C(C)(C)C. The molecular weight excluding hydrogens is 446 g/mol. The molecule has 0 saturated heterocycles. The molecule has 0 atom stereocenters. The number of azo groups is 1. The minimum atomic E-state index is -2.32. The third-order valence-corrected chi connectivity index (χ3v) is 15.3. The Labute approximate surface area is 200 Å². The fourth-order valence-electron chi connectivity index (χ4n) is 2.35. The van der Waals surface area contributed by atoms with Crippen LogP contribution in [0.15, 0.2) is 52.7 Å². The zero-order valence-corrected chi connectivity index (χ0v) is 23.7. The second kappa shape index (κ2) is 9.42. The third kappa shape index (κ3) is 6.77. The first-order valence-electron chi connectivity index (χ1n) is 11.3. The highest BCUT2D eigenvalue weighted by molar-refractivity contribution is 6.76. The van der Waals surface area contributed by atoms with Crippen molar-refractivity contribution in [3.05, 3.63) is 48.0 Å². The molecule has 2 N–H and O–H groups in total. The van der Waals surface area contributed by atoms with E-state index in [1.807, 2.05) is 6.07 Å². The molecule has 0 bridgehead atoms. The quantitative estimate of drug-likeness (QED) is 0.253. The molecule has 0 saturated carbocycles. The molecule has 0 fully saturated rings. The van der Waals surface area contributed by atoms with E-state index in [1.165, 1.54) is 0 Å². The topological polar surface area (TPSA) is 86.3 Å². The molecule has 0 aliphatic rings. The Morgan fingerprint density at radius 3 is 1.79 bits per heavy atom. The number of hydrogen-bond acceptors (Lipinski definition) is 6. The van der Waals surface area contributed by atoms with Gasteiger partial charge in [-0.2, -0.15) is 10.2 Å². The van der Waals surface area contributed by atoms with E-state index in [0.29, 0.717) is 28.4 Å². The average Bonchev–Trinajstić information content (AvgIpc) is 2.66. The standard InChI is InChI=1S/C25H39N3O3Si2/c1-24(2,3)32(7,8)30-22-16-15-20(28-27-19-13-11-18(26)12-14-19)17-21(22)23(29)31-33(9,10)25(4,5)6/h11-17H,26H2,1-10H3. The lowest BCUT2D eigenvalue weighted by atomic mass is 10.2. The van der Waals surface area contributed by atoms with Crippen LogP contribution in [0.1, 0.15) is 51.9 Å². The molecule has 0 aliphatic carbocycles. The monoisotopic (exact) mass is 485 g/mol. The first-order chi connectivity index (χ1) is 14.9. The maximum atomic E-state index is 13.4. The zero-order chi connectivity index (χ0) is 25.2. The fraction of sp³-hybridized carbons (Fsp3) is 0.480. The van der Waals surface area contributed by atoms with Crippen molar-refractivity contribution in [1.82, 2.24) is 0 Å². The molecule has 8 heteroatoms. The van der Waals surface area contributed by atoms with Crippen molar-refractivity contribution in [3.8, 4) is 5.75 Å². The summed E-state index contributed by atoms with van der Waals surface area (Å²) in [6.45, 7) is 21.3. The lowest BCUT2D eigenvalue weighted by Crippen LogP contribution is -2.45. The molecule has 0 radical (unpaired) electrons. The number of nitrogen functional groups attached to an aromatic ring is 1. The summed E-state index contributed by atoms with van der Waals surface area (Å²) in [6, 6.07) is 12.4. The van der Waals surface area contributed by atoms with Crippen LogP contribution in [-0.2, 0) is 4.43 Å². The molecule has 0 unspecified atom stereocenters. The summed E-state index contributed by atoms with van der Waals surface area (Å²) in [5, 5.41) is 8.48. The van der Waals surface area contributed by atoms with E-state index in [9.17, 15) is 4.79 Å². The van der Waals surface area contributed by atoms with Crippen molar-refractivity contribution < 1.29 is 13.6 Å². The van der Waals surface area contributed by atoms with Crippen LogP contribution >= 0.6 is 0 Å². The van der Waals surface area contributed by atoms with Crippen molar-refractivity contribution >= 4 is 39.7 Å². The van der Waals surface area contributed by atoms with Gasteiger partial charge in [-0.05, 0) is 78.7 Å².